The number of ether oxygens (including phenoxy) is 1. The van der Waals surface area contributed by atoms with Crippen LogP contribution in [0.2, 0.25) is 4.34 Å². The molecule has 1 aromatic rings. The minimum atomic E-state index is -0.521. The number of carbonyl (C=O) groups is 1. The van der Waals surface area contributed by atoms with Gasteiger partial charge >= 0.3 is 5.97 Å². The Kier molecular flexibility index (Phi) is 4.31. The highest BCUT2D eigenvalue weighted by molar-refractivity contribution is 7.16. The van der Waals surface area contributed by atoms with Crippen molar-refractivity contribution >= 4 is 28.9 Å². The number of rotatable bonds is 4. The van der Waals surface area contributed by atoms with Gasteiger partial charge in [-0.05, 0) is 14.0 Å². The van der Waals surface area contributed by atoms with Crippen molar-refractivity contribution in [1.82, 2.24) is 10.3 Å². The van der Waals surface area contributed by atoms with Crippen LogP contribution in [0.4, 0.5) is 0 Å². The molecule has 4 nitrogen and oxygen atoms in total. The van der Waals surface area contributed by atoms with Gasteiger partial charge in [0.2, 0.25) is 0 Å². The molecule has 1 unspecified atom stereocenters. The molecule has 0 aliphatic rings. The highest BCUT2D eigenvalue weighted by Crippen LogP contribution is 2.24. The van der Waals surface area contributed by atoms with Crippen LogP contribution < -0.4 is 5.32 Å². The molecule has 0 radical (unpaired) electrons. The van der Waals surface area contributed by atoms with E-state index < -0.39 is 6.04 Å². The van der Waals surface area contributed by atoms with Crippen molar-refractivity contribution in [2.75, 3.05) is 13.7 Å². The molecule has 1 aromatic heterocycles. The number of likely N-dealkylation sites (N-methyl/N-ethyl adjacent to an activating group) is 1. The van der Waals surface area contributed by atoms with Crippen LogP contribution in [0.25, 0.3) is 0 Å². The summed E-state index contributed by atoms with van der Waals surface area (Å²) >= 11 is 6.98. The molecular weight excluding hydrogens is 224 g/mol. The number of carbonyl (C=O) groups excluding carboxylic acids is 1. The second-order valence-electron chi connectivity index (χ2n) is 2.48. The molecule has 14 heavy (non-hydrogen) atoms. The number of thiazole rings is 1. The van der Waals surface area contributed by atoms with Crippen LogP contribution in [0, 0.1) is 0 Å². The lowest BCUT2D eigenvalue weighted by molar-refractivity contribution is -0.145. The lowest BCUT2D eigenvalue weighted by Gasteiger charge is -2.11. The molecule has 78 valence electrons. The molecule has 0 aromatic carbocycles. The predicted molar refractivity (Wildman–Crippen MR) is 55.6 cm³/mol. The van der Waals surface area contributed by atoms with Crippen LogP contribution in [0.3, 0.4) is 0 Å². The van der Waals surface area contributed by atoms with E-state index in [-0.39, 0.29) is 5.97 Å². The summed E-state index contributed by atoms with van der Waals surface area (Å²) in [6.45, 7) is 2.12. The summed E-state index contributed by atoms with van der Waals surface area (Å²) in [6.07, 6.45) is 1.52. The van der Waals surface area contributed by atoms with E-state index in [0.717, 1.165) is 0 Å². The van der Waals surface area contributed by atoms with E-state index in [1.807, 2.05) is 0 Å². The number of aromatic nitrogens is 1. The van der Waals surface area contributed by atoms with E-state index >= 15 is 0 Å². The lowest BCUT2D eigenvalue weighted by Crippen LogP contribution is -2.27. The minimum absolute atomic E-state index is 0.332. The van der Waals surface area contributed by atoms with Crippen LogP contribution in [-0.2, 0) is 9.53 Å². The summed E-state index contributed by atoms with van der Waals surface area (Å²) in [5, 5.41) is 3.45. The Balaban J connectivity index is 2.76. The molecule has 1 heterocycles. The molecule has 1 rings (SSSR count). The summed E-state index contributed by atoms with van der Waals surface area (Å²) in [5.74, 6) is -0.332. The monoisotopic (exact) mass is 234 g/mol. The zero-order chi connectivity index (χ0) is 10.6. The van der Waals surface area contributed by atoms with E-state index in [9.17, 15) is 4.79 Å². The minimum Gasteiger partial charge on any atom is -0.465 e. The van der Waals surface area contributed by atoms with Crippen LogP contribution in [-0.4, -0.2) is 24.6 Å². The molecule has 0 amide bonds. The first-order chi connectivity index (χ1) is 6.69. The Morgan fingerprint density at radius 1 is 1.86 bits per heavy atom. The fourth-order valence-electron chi connectivity index (χ4n) is 0.968. The average molecular weight is 235 g/mol. The summed E-state index contributed by atoms with van der Waals surface area (Å²) in [4.78, 5) is 15.4. The van der Waals surface area contributed by atoms with Gasteiger partial charge in [-0.15, -0.1) is 11.3 Å². The van der Waals surface area contributed by atoms with Gasteiger partial charge in [-0.3, -0.25) is 0 Å². The third-order valence-electron chi connectivity index (χ3n) is 1.55. The summed E-state index contributed by atoms with van der Waals surface area (Å²) in [7, 11) is 1.68. The van der Waals surface area contributed by atoms with Crippen LogP contribution in [0.15, 0.2) is 6.20 Å². The molecule has 0 saturated heterocycles. The molecule has 6 heteroatoms. The summed E-state index contributed by atoms with van der Waals surface area (Å²) < 4.78 is 5.44. The van der Waals surface area contributed by atoms with E-state index in [0.29, 0.717) is 16.0 Å². The maximum atomic E-state index is 11.4. The lowest BCUT2D eigenvalue weighted by atomic mass is 10.3. The normalized spacial score (nSPS) is 12.5. The molecule has 1 atom stereocenters. The van der Waals surface area contributed by atoms with Gasteiger partial charge in [0.1, 0.15) is 9.34 Å². The highest BCUT2D eigenvalue weighted by atomic mass is 35.5. The SMILES string of the molecule is CCOC(=O)C(NC)c1ncc(Cl)s1. The molecule has 0 aliphatic heterocycles. The molecular formula is C8H11ClN2O2S. The van der Waals surface area contributed by atoms with E-state index in [4.69, 9.17) is 16.3 Å². The van der Waals surface area contributed by atoms with Crippen molar-refractivity contribution in [2.45, 2.75) is 13.0 Å². The van der Waals surface area contributed by atoms with E-state index in [2.05, 4.69) is 10.3 Å². The number of hydrogen-bond donors (Lipinski definition) is 1. The largest absolute Gasteiger partial charge is 0.465 e. The fraction of sp³-hybridized carbons (Fsp3) is 0.500. The van der Waals surface area contributed by atoms with E-state index in [1.54, 1.807) is 14.0 Å². The molecule has 1 N–H and O–H groups in total. The maximum Gasteiger partial charge on any atom is 0.330 e. The van der Waals surface area contributed by atoms with Crippen LogP contribution in [0.5, 0.6) is 0 Å². The molecule has 0 bridgehead atoms. The van der Waals surface area contributed by atoms with Crippen LogP contribution in [0.1, 0.15) is 18.0 Å². The van der Waals surface area contributed by atoms with Crippen molar-refractivity contribution < 1.29 is 9.53 Å². The Morgan fingerprint density at radius 3 is 3.00 bits per heavy atom. The van der Waals surface area contributed by atoms with Crippen molar-refractivity contribution in [3.8, 4) is 0 Å². The van der Waals surface area contributed by atoms with Gasteiger partial charge in [-0.2, -0.15) is 0 Å². The molecule has 0 fully saturated rings. The van der Waals surface area contributed by atoms with Crippen LogP contribution >= 0.6 is 22.9 Å². The average Bonchev–Trinajstić information content (AvgIpc) is 2.54. The van der Waals surface area contributed by atoms with Gasteiger partial charge in [0, 0.05) is 0 Å². The maximum absolute atomic E-state index is 11.4. The Morgan fingerprint density at radius 2 is 2.57 bits per heavy atom. The van der Waals surface area contributed by atoms with Gasteiger partial charge in [-0.1, -0.05) is 11.6 Å². The number of nitrogens with zero attached hydrogens (tertiary/aromatic N) is 1. The van der Waals surface area contributed by atoms with Gasteiger partial charge < -0.3 is 10.1 Å². The van der Waals surface area contributed by atoms with Crippen molar-refractivity contribution in [3.05, 3.63) is 15.5 Å². The topological polar surface area (TPSA) is 51.2 Å². The number of hydrogen-bond acceptors (Lipinski definition) is 5. The fourth-order valence-corrected chi connectivity index (χ4v) is 2.00. The Labute approximate surface area is 91.2 Å². The third kappa shape index (κ3) is 2.67. The molecule has 0 saturated carbocycles. The van der Waals surface area contributed by atoms with Crippen molar-refractivity contribution in [2.24, 2.45) is 0 Å². The summed E-state index contributed by atoms with van der Waals surface area (Å²) in [5.41, 5.74) is 0. The molecule has 0 aliphatic carbocycles. The smallest absolute Gasteiger partial charge is 0.330 e. The van der Waals surface area contributed by atoms with Crippen molar-refractivity contribution in [1.29, 1.82) is 0 Å². The quantitative estimate of drug-likeness (QED) is 0.805. The standard InChI is InChI=1S/C8H11ClN2O2S/c1-3-13-8(12)6(10-2)7-11-4-5(9)14-7/h4,6,10H,3H2,1-2H3. The number of esters is 1. The van der Waals surface area contributed by atoms with E-state index in [1.165, 1.54) is 17.5 Å². The van der Waals surface area contributed by atoms with Gasteiger partial charge in [0.05, 0.1) is 12.8 Å². The number of nitrogens with one attached hydrogen (secondary N) is 1. The highest BCUT2D eigenvalue weighted by Gasteiger charge is 2.22. The zero-order valence-electron chi connectivity index (χ0n) is 7.91. The zero-order valence-corrected chi connectivity index (χ0v) is 9.48. The molecule has 0 spiro atoms. The third-order valence-corrected chi connectivity index (χ3v) is 2.73. The van der Waals surface area contributed by atoms with Gasteiger partial charge in [0.25, 0.3) is 0 Å². The first-order valence-corrected chi connectivity index (χ1v) is 5.33. The Bertz CT molecular complexity index is 316. The Hall–Kier alpha value is -0.650. The second-order valence-corrected chi connectivity index (χ2v) is 4.17. The summed E-state index contributed by atoms with van der Waals surface area (Å²) in [6, 6.07) is -0.521. The first kappa shape index (κ1) is 11.4. The predicted octanol–water partition coefficient (Wildman–Crippen LogP) is 1.62. The number of halogens is 1. The second kappa shape index (κ2) is 5.29. The van der Waals surface area contributed by atoms with Crippen molar-refractivity contribution in [3.63, 3.8) is 0 Å². The van der Waals surface area contributed by atoms with Gasteiger partial charge in [-0.25, -0.2) is 9.78 Å². The first-order valence-electron chi connectivity index (χ1n) is 4.14. The van der Waals surface area contributed by atoms with Gasteiger partial charge in [0.15, 0.2) is 6.04 Å².